The molecule has 2 heterocycles. The van der Waals surface area contributed by atoms with E-state index in [1.807, 2.05) is 5.32 Å². The van der Waals surface area contributed by atoms with Gasteiger partial charge in [0.1, 0.15) is 29.4 Å². The van der Waals surface area contributed by atoms with Crippen molar-refractivity contribution in [3.63, 3.8) is 0 Å². The van der Waals surface area contributed by atoms with Crippen LogP contribution in [-0.4, -0.2) is 111 Å². The Morgan fingerprint density at radius 2 is 1.76 bits per heavy atom. The van der Waals surface area contributed by atoms with E-state index in [1.165, 1.54) is 30.8 Å². The fourth-order valence-electron chi connectivity index (χ4n) is 5.69. The fourth-order valence-corrected chi connectivity index (χ4v) is 5.69. The van der Waals surface area contributed by atoms with Gasteiger partial charge in [-0.05, 0) is 57.2 Å². The lowest BCUT2D eigenvalue weighted by Crippen LogP contribution is -2.65. The first-order valence-electron chi connectivity index (χ1n) is 13.5. The first kappa shape index (κ1) is 31.6. The molecule has 2 aliphatic rings. The monoisotopic (exact) mass is 577 g/mol. The Morgan fingerprint density at radius 3 is 2.34 bits per heavy atom. The number of likely N-dealkylation sites (tertiary alicyclic amines) is 2. The number of carbonyl (C=O) groups excluding carboxylic acids is 4. The highest BCUT2D eigenvalue weighted by Gasteiger charge is 2.53. The van der Waals surface area contributed by atoms with Gasteiger partial charge < -0.3 is 46.2 Å². The molecule has 0 bridgehead atoms. The lowest BCUT2D eigenvalue weighted by atomic mass is 9.86. The molecule has 3 rings (SSSR count). The SMILES string of the molecule is COc1cccc(C[C@]2(C(=O)N[C@H](C(N)=O)[C@@H](C)O)CCCN2C(=O)C2CCCN2C(=O)[C@@H](NC(=O)O)[C@@H](C)O)c1. The van der Waals surface area contributed by atoms with Gasteiger partial charge in [0.2, 0.25) is 23.6 Å². The van der Waals surface area contributed by atoms with Crippen LogP contribution in [0.2, 0.25) is 0 Å². The van der Waals surface area contributed by atoms with E-state index in [4.69, 9.17) is 15.6 Å². The number of amides is 5. The van der Waals surface area contributed by atoms with Gasteiger partial charge in [0.05, 0.1) is 19.3 Å². The molecule has 1 aromatic rings. The molecule has 41 heavy (non-hydrogen) atoms. The van der Waals surface area contributed by atoms with Crippen LogP contribution < -0.4 is 21.1 Å². The molecule has 0 radical (unpaired) electrons. The molecule has 0 spiro atoms. The second kappa shape index (κ2) is 13.2. The van der Waals surface area contributed by atoms with Crippen molar-refractivity contribution in [2.75, 3.05) is 20.2 Å². The Morgan fingerprint density at radius 1 is 1.07 bits per heavy atom. The lowest BCUT2D eigenvalue weighted by Gasteiger charge is -2.41. The van der Waals surface area contributed by atoms with Crippen LogP contribution in [0.1, 0.15) is 45.1 Å². The minimum Gasteiger partial charge on any atom is -0.497 e. The van der Waals surface area contributed by atoms with Crippen LogP contribution in [0.25, 0.3) is 0 Å². The van der Waals surface area contributed by atoms with Crippen molar-refractivity contribution in [3.05, 3.63) is 29.8 Å². The van der Waals surface area contributed by atoms with Crippen molar-refractivity contribution in [1.29, 1.82) is 0 Å². The van der Waals surface area contributed by atoms with Crippen molar-refractivity contribution >= 4 is 29.7 Å². The Bertz CT molecular complexity index is 1160. The summed E-state index contributed by atoms with van der Waals surface area (Å²) in [6.45, 7) is 2.92. The lowest BCUT2D eigenvalue weighted by molar-refractivity contribution is -0.153. The largest absolute Gasteiger partial charge is 0.497 e. The van der Waals surface area contributed by atoms with Crippen LogP contribution in [-0.2, 0) is 25.6 Å². The molecule has 226 valence electrons. The molecular weight excluding hydrogens is 538 g/mol. The highest BCUT2D eigenvalue weighted by molar-refractivity contribution is 5.98. The second-order valence-electron chi connectivity index (χ2n) is 10.6. The quantitative estimate of drug-likeness (QED) is 0.189. The summed E-state index contributed by atoms with van der Waals surface area (Å²) in [7, 11) is 1.50. The Hall–Kier alpha value is -3.91. The van der Waals surface area contributed by atoms with E-state index in [-0.39, 0.29) is 32.4 Å². The zero-order valence-corrected chi connectivity index (χ0v) is 23.4. The topological polar surface area (TPSA) is 212 Å². The average molecular weight is 578 g/mol. The summed E-state index contributed by atoms with van der Waals surface area (Å²) in [5.74, 6) is -2.35. The van der Waals surface area contributed by atoms with Crippen molar-refractivity contribution in [1.82, 2.24) is 20.4 Å². The maximum atomic E-state index is 14.2. The fraction of sp³-hybridized carbons (Fsp3) is 0.593. The van der Waals surface area contributed by atoms with Gasteiger partial charge in [-0.15, -0.1) is 0 Å². The molecule has 2 saturated heterocycles. The third kappa shape index (κ3) is 6.88. The molecular formula is C27H39N5O9. The molecule has 14 heteroatoms. The number of carbonyl (C=O) groups is 5. The molecule has 1 unspecified atom stereocenters. The predicted molar refractivity (Wildman–Crippen MR) is 145 cm³/mol. The minimum atomic E-state index is -1.50. The molecule has 0 saturated carbocycles. The second-order valence-corrected chi connectivity index (χ2v) is 10.6. The van der Waals surface area contributed by atoms with Crippen LogP contribution in [0.15, 0.2) is 24.3 Å². The summed E-state index contributed by atoms with van der Waals surface area (Å²) in [6, 6.07) is 3.09. The van der Waals surface area contributed by atoms with Crippen molar-refractivity contribution < 1.29 is 44.0 Å². The van der Waals surface area contributed by atoms with E-state index in [2.05, 4.69) is 5.32 Å². The summed E-state index contributed by atoms with van der Waals surface area (Å²) < 4.78 is 5.32. The number of carboxylic acid groups (broad SMARTS) is 1. The number of benzene rings is 1. The predicted octanol–water partition coefficient (Wildman–Crippen LogP) is -1.04. The van der Waals surface area contributed by atoms with Crippen LogP contribution in [0.5, 0.6) is 5.75 Å². The smallest absolute Gasteiger partial charge is 0.405 e. The number of ether oxygens (including phenoxy) is 1. The van der Waals surface area contributed by atoms with E-state index in [0.717, 1.165) is 0 Å². The molecule has 0 aromatic heterocycles. The Balaban J connectivity index is 2.00. The van der Waals surface area contributed by atoms with Gasteiger partial charge in [-0.1, -0.05) is 12.1 Å². The highest BCUT2D eigenvalue weighted by atomic mass is 16.5. The third-order valence-corrected chi connectivity index (χ3v) is 7.73. The molecule has 6 atom stereocenters. The van der Waals surface area contributed by atoms with Gasteiger partial charge in [0.25, 0.3) is 0 Å². The first-order valence-corrected chi connectivity index (χ1v) is 13.5. The number of primary amides is 1. The van der Waals surface area contributed by atoms with Gasteiger partial charge in [0, 0.05) is 19.5 Å². The maximum absolute atomic E-state index is 14.2. The van der Waals surface area contributed by atoms with E-state index >= 15 is 0 Å². The average Bonchev–Trinajstić information content (AvgIpc) is 3.57. The minimum absolute atomic E-state index is 0.0462. The molecule has 5 amide bonds. The van der Waals surface area contributed by atoms with Gasteiger partial charge in [0.15, 0.2) is 0 Å². The maximum Gasteiger partial charge on any atom is 0.405 e. The summed E-state index contributed by atoms with van der Waals surface area (Å²) in [5.41, 5.74) is 4.61. The van der Waals surface area contributed by atoms with E-state index in [1.54, 1.807) is 24.3 Å². The van der Waals surface area contributed by atoms with Crippen molar-refractivity contribution in [2.24, 2.45) is 5.73 Å². The Labute approximate surface area is 237 Å². The van der Waals surface area contributed by atoms with E-state index in [9.17, 15) is 34.2 Å². The number of aliphatic hydroxyl groups is 2. The van der Waals surface area contributed by atoms with Gasteiger partial charge in [-0.25, -0.2) is 4.79 Å². The zero-order valence-electron chi connectivity index (χ0n) is 23.4. The van der Waals surface area contributed by atoms with Gasteiger partial charge in [-0.3, -0.25) is 19.2 Å². The van der Waals surface area contributed by atoms with Crippen molar-refractivity contribution in [3.8, 4) is 5.75 Å². The summed E-state index contributed by atoms with van der Waals surface area (Å²) >= 11 is 0. The van der Waals surface area contributed by atoms with Crippen LogP contribution in [0.4, 0.5) is 4.79 Å². The number of aliphatic hydroxyl groups excluding tert-OH is 2. The summed E-state index contributed by atoms with van der Waals surface area (Å²) in [4.78, 5) is 67.3. The summed E-state index contributed by atoms with van der Waals surface area (Å²) in [5, 5.41) is 33.9. The number of nitrogens with zero attached hydrogens (tertiary/aromatic N) is 2. The number of hydrogen-bond donors (Lipinski definition) is 6. The zero-order chi connectivity index (χ0) is 30.5. The number of nitrogens with two attached hydrogens (primary N) is 1. The number of nitrogens with one attached hydrogen (secondary N) is 2. The van der Waals surface area contributed by atoms with Crippen LogP contribution >= 0.6 is 0 Å². The molecule has 7 N–H and O–H groups in total. The number of rotatable bonds is 11. The molecule has 14 nitrogen and oxygen atoms in total. The number of hydrogen-bond acceptors (Lipinski definition) is 8. The van der Waals surface area contributed by atoms with Crippen LogP contribution in [0.3, 0.4) is 0 Å². The van der Waals surface area contributed by atoms with Gasteiger partial charge in [-0.2, -0.15) is 0 Å². The van der Waals surface area contributed by atoms with Gasteiger partial charge >= 0.3 is 6.09 Å². The van der Waals surface area contributed by atoms with E-state index in [0.29, 0.717) is 24.2 Å². The normalized spacial score (nSPS) is 23.3. The standard InChI is InChI=1S/C27H39N5O9/c1-15(33)20(22(28)35)29-25(38)27(14-17-7-4-8-18(13-17)41-3)10-6-12-32(27)23(36)19-9-5-11-31(19)24(37)21(16(2)34)30-26(39)40/h4,7-8,13,15-16,19-21,30,33-34H,5-6,9-12,14H2,1-3H3,(H2,28,35)(H,29,38)(H,39,40)/t15-,16-,19?,20+,21+,27+/m1/s1. The van der Waals surface area contributed by atoms with E-state index < -0.39 is 65.6 Å². The molecule has 2 aliphatic heterocycles. The molecule has 2 fully saturated rings. The summed E-state index contributed by atoms with van der Waals surface area (Å²) in [6.07, 6.45) is -2.71. The molecule has 0 aliphatic carbocycles. The third-order valence-electron chi connectivity index (χ3n) is 7.73. The van der Waals surface area contributed by atoms with Crippen LogP contribution in [0, 0.1) is 0 Å². The number of methoxy groups -OCH3 is 1. The first-order chi connectivity index (χ1) is 19.3. The van der Waals surface area contributed by atoms with Crippen molar-refractivity contribution in [2.45, 2.75) is 81.8 Å². The molecule has 1 aromatic carbocycles. The highest BCUT2D eigenvalue weighted by Crippen LogP contribution is 2.36. The Kier molecular flexibility index (Phi) is 10.2.